The van der Waals surface area contributed by atoms with Crippen LogP contribution in [-0.4, -0.2) is 79.6 Å². The maximum absolute atomic E-state index is 13.3. The summed E-state index contributed by atoms with van der Waals surface area (Å²) in [6.07, 6.45) is 12.4. The first kappa shape index (κ1) is 96.7. The van der Waals surface area contributed by atoms with Crippen LogP contribution in [0.2, 0.25) is 0 Å². The molecule has 5 aliphatic rings. The minimum absolute atomic E-state index is 0.0759. The first-order chi connectivity index (χ1) is 69.2. The quantitative estimate of drug-likeness (QED) is 0.0722. The molecular weight excluding hydrogens is 1850 g/mol. The minimum atomic E-state index is -0.143. The number of hydrogen-bond donors (Lipinski definition) is 0. The summed E-state index contributed by atoms with van der Waals surface area (Å²) in [4.78, 5) is 109. The Bertz CT molecular complexity index is 7320. The van der Waals surface area contributed by atoms with Gasteiger partial charge in [-0.1, -0.05) is 231 Å². The lowest BCUT2D eigenvalue weighted by molar-refractivity contribution is -0.114. The number of amides is 5. The van der Waals surface area contributed by atoms with Crippen LogP contribution in [0.15, 0.2) is 462 Å². The average Bonchev–Trinajstić information content (AvgIpc) is 1.67. The molecule has 15 aromatic rings. The lowest BCUT2D eigenvalue weighted by Crippen LogP contribution is -2.28. The van der Waals surface area contributed by atoms with E-state index in [9.17, 15) is 24.0 Å². The number of hydrogen-bond acceptors (Lipinski definition) is 22. The van der Waals surface area contributed by atoms with E-state index in [2.05, 4.69) is 37.1 Å². The SMILES string of the molecule is COCc1cccc(/C=C2\SC(=Nc3ccccc3)N(c3ccccc3)C2=O)c1.COc1cc(/C=C2\SC(=Nc3ccccc3)N(c3ccccc3)C2=O)ccn1.N#Cc1ccc(/C=C2\SC(=Nc3ccccc3)N(c3ccccc3)C2=O)cc1.N#Cc1ccc(/C=C2\SC(=Nc3ccccc3)N(c3ccccc3)C2=O)cn1.N#Cc1cccc(/C=C2\SC(=Nc3ccccc3)N(c3ccccc3)C2=O)c1. The number of nitriles is 3. The zero-order valence-corrected chi connectivity index (χ0v) is 79.5. The van der Waals surface area contributed by atoms with E-state index in [1.165, 1.54) is 58.8 Å². The molecule has 141 heavy (non-hydrogen) atoms. The van der Waals surface area contributed by atoms with Crippen LogP contribution in [0.5, 0.6) is 5.88 Å². The second-order valence-corrected chi connectivity index (χ2v) is 35.5. The highest BCUT2D eigenvalue weighted by Crippen LogP contribution is 2.44. The van der Waals surface area contributed by atoms with Gasteiger partial charge in [-0.15, -0.1) is 0 Å². The number of ether oxygens (including phenoxy) is 2. The monoisotopic (exact) mass is 1930 g/mol. The first-order valence-corrected chi connectivity index (χ1v) is 47.9. The fourth-order valence-electron chi connectivity index (χ4n) is 14.1. The molecule has 27 heteroatoms. The summed E-state index contributed by atoms with van der Waals surface area (Å²) in [5.74, 6) is -0.0729. The molecule has 684 valence electrons. The Morgan fingerprint density at radius 1 is 0.284 bits per heavy atom. The predicted octanol–water partition coefficient (Wildman–Crippen LogP) is 26.0. The number of aliphatic imine (C=N–C) groups is 5. The van der Waals surface area contributed by atoms with Gasteiger partial charge in [0.15, 0.2) is 25.8 Å². The third-order valence-electron chi connectivity index (χ3n) is 20.7. The zero-order chi connectivity index (χ0) is 97.4. The van der Waals surface area contributed by atoms with Crippen molar-refractivity contribution in [3.63, 3.8) is 0 Å². The third-order valence-corrected chi connectivity index (χ3v) is 25.5. The molecule has 5 amide bonds. The molecule has 0 atom stereocenters. The Balaban J connectivity index is 0.000000127. The molecular formula is C114H81N15O7S5. The van der Waals surface area contributed by atoms with Gasteiger partial charge in [0.1, 0.15) is 11.8 Å². The van der Waals surface area contributed by atoms with E-state index >= 15 is 0 Å². The van der Waals surface area contributed by atoms with Crippen molar-refractivity contribution in [3.05, 3.63) is 488 Å². The number of amidine groups is 5. The Morgan fingerprint density at radius 3 is 0.872 bits per heavy atom. The molecule has 0 unspecified atom stereocenters. The Labute approximate surface area is 836 Å². The van der Waals surface area contributed by atoms with E-state index in [0.717, 1.165) is 90.3 Å². The lowest BCUT2D eigenvalue weighted by Gasteiger charge is -2.15. The predicted molar refractivity (Wildman–Crippen MR) is 574 cm³/mol. The Kier molecular flexibility index (Phi) is 33.1. The van der Waals surface area contributed by atoms with E-state index in [1.54, 1.807) is 106 Å². The number of anilines is 5. The van der Waals surface area contributed by atoms with Gasteiger partial charge in [0.25, 0.3) is 29.5 Å². The highest BCUT2D eigenvalue weighted by molar-refractivity contribution is 8.20. The topological polar surface area (TPSA) is 279 Å². The van der Waals surface area contributed by atoms with Crippen molar-refractivity contribution >= 4 is 201 Å². The minimum Gasteiger partial charge on any atom is -0.481 e. The fraction of sp³-hybridized carbons (Fsp3) is 0.0263. The number of thioether (sulfide) groups is 5. The molecule has 0 radical (unpaired) electrons. The largest absolute Gasteiger partial charge is 0.481 e. The zero-order valence-electron chi connectivity index (χ0n) is 75.5. The summed E-state index contributed by atoms with van der Waals surface area (Å²) in [5.41, 5.74) is 14.6. The molecule has 2 aromatic heterocycles. The lowest BCUT2D eigenvalue weighted by atomic mass is 10.1. The summed E-state index contributed by atoms with van der Waals surface area (Å²) >= 11 is 6.73. The van der Waals surface area contributed by atoms with Crippen molar-refractivity contribution in [1.82, 2.24) is 9.97 Å². The maximum Gasteiger partial charge on any atom is 0.271 e. The van der Waals surface area contributed by atoms with Gasteiger partial charge in [-0.25, -0.2) is 34.9 Å². The molecule has 0 saturated carbocycles. The van der Waals surface area contributed by atoms with Crippen molar-refractivity contribution < 1.29 is 33.4 Å². The van der Waals surface area contributed by atoms with E-state index in [4.69, 9.17) is 35.2 Å². The van der Waals surface area contributed by atoms with Gasteiger partial charge in [-0.3, -0.25) is 48.5 Å². The molecule has 5 saturated heterocycles. The molecule has 0 N–H and O–H groups in total. The number of para-hydroxylation sites is 10. The molecule has 7 heterocycles. The van der Waals surface area contributed by atoms with Crippen molar-refractivity contribution in [1.29, 1.82) is 15.8 Å². The normalized spacial score (nSPS) is 16.6. The van der Waals surface area contributed by atoms with Gasteiger partial charge >= 0.3 is 0 Å². The van der Waals surface area contributed by atoms with E-state index in [1.807, 2.05) is 382 Å². The van der Waals surface area contributed by atoms with Gasteiger partial charge in [0, 0.05) is 25.6 Å². The summed E-state index contributed by atoms with van der Waals surface area (Å²) in [6.45, 7) is 0.537. The van der Waals surface area contributed by atoms with E-state index in [0.29, 0.717) is 79.7 Å². The third kappa shape index (κ3) is 25.6. The van der Waals surface area contributed by atoms with Crippen molar-refractivity contribution in [3.8, 4) is 24.1 Å². The maximum atomic E-state index is 13.3. The average molecular weight is 1930 g/mol. The number of carbonyl (C=O) groups is 5. The molecule has 5 aliphatic heterocycles. The smallest absolute Gasteiger partial charge is 0.271 e. The number of carbonyl (C=O) groups excluding carboxylic acids is 5. The van der Waals surface area contributed by atoms with Crippen LogP contribution in [0.3, 0.4) is 0 Å². The standard InChI is InChI=1S/C24H20N2O2S.2C23H15N3OS.C22H14N4OS.C22H17N3O2S/c1-28-17-19-10-8-9-18(15-19)16-22-23(27)26(21-13-6-3-7-14-21)24(29-22)25-20-11-4-2-5-12-20;24-16-18-9-7-8-17(14-18)15-21-22(27)26(20-12-5-2-6-13-20)23(28-21)25-19-10-3-1-4-11-19;24-16-18-13-11-17(12-14-18)15-21-22(27)26(20-9-5-2-6-10-20)23(28-21)25-19-7-3-1-4-8-19;23-14-18-12-11-16(15-24-18)13-20-21(27)26(19-9-5-2-6-10-19)22(28-20)25-17-7-3-1-4-8-17;1-27-20-15-16(12-13-23-20)14-19-21(26)25(18-10-6-3-7-11-18)22(28-19)24-17-8-4-2-5-9-17/h2-16H,17H2,1H3;2*1-15H;1-13,15H;2-15H,1H3/b22-16-,25-24?;2*21-15-,25-23?;20-13-,25-22?;19-14-,24-22?. The number of methoxy groups -OCH3 is 2. The summed E-state index contributed by atoms with van der Waals surface area (Å²) in [6, 6.07) is 131. The molecule has 0 aliphatic carbocycles. The number of rotatable bonds is 18. The molecule has 0 bridgehead atoms. The fourth-order valence-corrected chi connectivity index (χ4v) is 19.1. The van der Waals surface area contributed by atoms with Crippen LogP contribution in [0.4, 0.5) is 56.9 Å². The number of pyridine rings is 2. The summed E-state index contributed by atoms with van der Waals surface area (Å²) in [5, 5.41) is 30.0. The van der Waals surface area contributed by atoms with Gasteiger partial charge in [0.2, 0.25) is 5.88 Å². The second-order valence-electron chi connectivity index (χ2n) is 30.5. The number of aromatic nitrogens is 2. The molecule has 20 rings (SSSR count). The van der Waals surface area contributed by atoms with Crippen LogP contribution in [0.25, 0.3) is 30.4 Å². The van der Waals surface area contributed by atoms with Gasteiger partial charge in [-0.2, -0.15) is 15.8 Å². The Morgan fingerprint density at radius 2 is 0.574 bits per heavy atom. The van der Waals surface area contributed by atoms with Crippen LogP contribution < -0.4 is 29.2 Å². The number of benzene rings is 13. The van der Waals surface area contributed by atoms with Crippen LogP contribution in [-0.2, 0) is 35.3 Å². The van der Waals surface area contributed by atoms with Crippen LogP contribution >= 0.6 is 58.8 Å². The molecule has 0 spiro atoms. The first-order valence-electron chi connectivity index (χ1n) is 43.8. The second kappa shape index (κ2) is 48.3. The van der Waals surface area contributed by atoms with Gasteiger partial charge < -0.3 is 9.47 Å². The van der Waals surface area contributed by atoms with Crippen molar-refractivity contribution in [2.24, 2.45) is 25.0 Å². The van der Waals surface area contributed by atoms with E-state index < -0.39 is 0 Å². The van der Waals surface area contributed by atoms with Crippen molar-refractivity contribution in [2.75, 3.05) is 38.7 Å². The van der Waals surface area contributed by atoms with E-state index in [-0.39, 0.29) is 29.5 Å². The highest BCUT2D eigenvalue weighted by atomic mass is 32.2. The molecule has 13 aromatic carbocycles. The molecule has 22 nitrogen and oxygen atoms in total. The van der Waals surface area contributed by atoms with Gasteiger partial charge in [-0.05, 0) is 286 Å². The Hall–Kier alpha value is -17.5. The highest BCUT2D eigenvalue weighted by Gasteiger charge is 2.40. The molecule has 5 fully saturated rings. The van der Waals surface area contributed by atoms with Crippen LogP contribution in [0.1, 0.15) is 50.2 Å². The number of nitrogens with zero attached hydrogens (tertiary/aromatic N) is 15. The van der Waals surface area contributed by atoms with Crippen molar-refractivity contribution in [2.45, 2.75) is 6.61 Å². The summed E-state index contributed by atoms with van der Waals surface area (Å²) in [7, 11) is 3.24. The summed E-state index contributed by atoms with van der Waals surface area (Å²) < 4.78 is 10.4. The van der Waals surface area contributed by atoms with Crippen LogP contribution in [0, 0.1) is 34.0 Å². The van der Waals surface area contributed by atoms with Gasteiger partial charge in [0.05, 0.1) is 118 Å².